The summed E-state index contributed by atoms with van der Waals surface area (Å²) >= 11 is 0. The second-order valence-corrected chi connectivity index (χ2v) is 6.92. The summed E-state index contributed by atoms with van der Waals surface area (Å²) in [4.78, 5) is 11.7. The Kier molecular flexibility index (Phi) is 4.84. The van der Waals surface area contributed by atoms with Gasteiger partial charge in [-0.25, -0.2) is 4.79 Å². The third-order valence-electron chi connectivity index (χ3n) is 3.53. The van der Waals surface area contributed by atoms with Gasteiger partial charge in [0.2, 0.25) is 0 Å². The van der Waals surface area contributed by atoms with Crippen molar-refractivity contribution in [1.82, 2.24) is 4.31 Å². The third-order valence-corrected chi connectivity index (χ3v) is 5.02. The number of ether oxygens (including phenoxy) is 1. The molecule has 6 nitrogen and oxygen atoms in total. The number of rotatable bonds is 4. The molecular formula is C14H20N2O4S. The SMILES string of the molecule is COC(=O)c1ccccc1NS(=O)(=O)N1CCCC(C)C1. The Labute approximate surface area is 125 Å². The van der Waals surface area contributed by atoms with Gasteiger partial charge in [-0.05, 0) is 30.9 Å². The second kappa shape index (κ2) is 6.44. The molecule has 7 heteroatoms. The van der Waals surface area contributed by atoms with E-state index in [1.54, 1.807) is 18.2 Å². The molecular weight excluding hydrogens is 292 g/mol. The summed E-state index contributed by atoms with van der Waals surface area (Å²) in [6.07, 6.45) is 1.88. The van der Waals surface area contributed by atoms with Crippen LogP contribution in [0.25, 0.3) is 0 Å². The smallest absolute Gasteiger partial charge is 0.339 e. The molecule has 2 rings (SSSR count). The molecule has 1 atom stereocenters. The van der Waals surface area contributed by atoms with Gasteiger partial charge in [0.05, 0.1) is 18.4 Å². The monoisotopic (exact) mass is 312 g/mol. The summed E-state index contributed by atoms with van der Waals surface area (Å²) in [7, 11) is -2.39. The number of hydrogen-bond donors (Lipinski definition) is 1. The number of benzene rings is 1. The summed E-state index contributed by atoms with van der Waals surface area (Å²) in [5, 5.41) is 0. The summed E-state index contributed by atoms with van der Waals surface area (Å²) in [5.41, 5.74) is 0.441. The van der Waals surface area contributed by atoms with E-state index in [1.807, 2.05) is 6.92 Å². The number of hydrogen-bond acceptors (Lipinski definition) is 4. The standard InChI is InChI=1S/C14H20N2O4S/c1-11-6-5-9-16(10-11)21(18,19)15-13-8-4-3-7-12(13)14(17)20-2/h3-4,7-8,11,15H,5-6,9-10H2,1-2H3. The molecule has 0 aromatic heterocycles. The Hall–Kier alpha value is -1.60. The minimum atomic E-state index is -3.66. The molecule has 21 heavy (non-hydrogen) atoms. The molecule has 0 spiro atoms. The average molecular weight is 312 g/mol. The van der Waals surface area contributed by atoms with Crippen LogP contribution in [0.4, 0.5) is 5.69 Å². The van der Waals surface area contributed by atoms with Crippen molar-refractivity contribution in [2.24, 2.45) is 5.92 Å². The van der Waals surface area contributed by atoms with Gasteiger partial charge in [-0.15, -0.1) is 0 Å². The van der Waals surface area contributed by atoms with Crippen LogP contribution in [0, 0.1) is 5.92 Å². The van der Waals surface area contributed by atoms with Crippen molar-refractivity contribution in [3.8, 4) is 0 Å². The molecule has 1 N–H and O–H groups in total. The first-order valence-electron chi connectivity index (χ1n) is 6.89. The highest BCUT2D eigenvalue weighted by atomic mass is 32.2. The molecule has 0 aliphatic carbocycles. The Bertz CT molecular complexity index is 615. The van der Waals surface area contributed by atoms with E-state index in [9.17, 15) is 13.2 Å². The van der Waals surface area contributed by atoms with Gasteiger partial charge >= 0.3 is 16.2 Å². The Morgan fingerprint density at radius 1 is 1.38 bits per heavy atom. The first-order valence-corrected chi connectivity index (χ1v) is 8.33. The number of carbonyl (C=O) groups is 1. The normalized spacial score (nSPS) is 20.0. The van der Waals surface area contributed by atoms with Gasteiger partial charge < -0.3 is 4.74 Å². The number of esters is 1. The van der Waals surface area contributed by atoms with Gasteiger partial charge in [0.1, 0.15) is 0 Å². The lowest BCUT2D eigenvalue weighted by atomic mass is 10.0. The summed E-state index contributed by atoms with van der Waals surface area (Å²) < 4.78 is 33.4. The van der Waals surface area contributed by atoms with Gasteiger partial charge in [-0.2, -0.15) is 12.7 Å². The van der Waals surface area contributed by atoms with Crippen molar-refractivity contribution in [1.29, 1.82) is 0 Å². The number of anilines is 1. The van der Waals surface area contributed by atoms with Crippen LogP contribution in [0.1, 0.15) is 30.1 Å². The summed E-state index contributed by atoms with van der Waals surface area (Å²) in [6.45, 7) is 3.03. The molecule has 1 fully saturated rings. The van der Waals surface area contributed by atoms with Gasteiger partial charge in [0.25, 0.3) is 0 Å². The third kappa shape index (κ3) is 3.74. The van der Waals surface area contributed by atoms with Gasteiger partial charge in [0, 0.05) is 13.1 Å². The maximum atomic E-state index is 12.4. The number of nitrogens with zero attached hydrogens (tertiary/aromatic N) is 1. The van der Waals surface area contributed by atoms with Gasteiger partial charge in [-0.1, -0.05) is 19.1 Å². The summed E-state index contributed by atoms with van der Waals surface area (Å²) in [6, 6.07) is 6.41. The van der Waals surface area contributed by atoms with Gasteiger partial charge in [-0.3, -0.25) is 4.72 Å². The van der Waals surface area contributed by atoms with Crippen molar-refractivity contribution in [2.75, 3.05) is 24.9 Å². The molecule has 0 bridgehead atoms. The lowest BCUT2D eigenvalue weighted by Gasteiger charge is -2.30. The zero-order chi connectivity index (χ0) is 15.5. The molecule has 1 aromatic rings. The molecule has 0 saturated carbocycles. The van der Waals surface area contributed by atoms with Crippen molar-refractivity contribution < 1.29 is 17.9 Å². The van der Waals surface area contributed by atoms with E-state index in [-0.39, 0.29) is 11.3 Å². The molecule has 1 aliphatic rings. The highest BCUT2D eigenvalue weighted by Crippen LogP contribution is 2.22. The fourth-order valence-corrected chi connectivity index (χ4v) is 3.83. The van der Waals surface area contributed by atoms with E-state index in [2.05, 4.69) is 9.46 Å². The number of nitrogens with one attached hydrogen (secondary N) is 1. The largest absolute Gasteiger partial charge is 0.465 e. The first-order chi connectivity index (χ1) is 9.94. The van der Waals surface area contributed by atoms with E-state index in [4.69, 9.17) is 0 Å². The maximum Gasteiger partial charge on any atom is 0.339 e. The molecule has 1 aromatic carbocycles. The number of carbonyl (C=O) groups excluding carboxylic acids is 1. The molecule has 1 saturated heterocycles. The zero-order valence-electron chi connectivity index (χ0n) is 12.2. The Morgan fingerprint density at radius 3 is 2.76 bits per heavy atom. The minimum absolute atomic E-state index is 0.202. The maximum absolute atomic E-state index is 12.4. The lowest BCUT2D eigenvalue weighted by molar-refractivity contribution is 0.0602. The number of piperidine rings is 1. The predicted octanol–water partition coefficient (Wildman–Crippen LogP) is 1.86. The highest BCUT2D eigenvalue weighted by Gasteiger charge is 2.28. The number of para-hydroxylation sites is 1. The van der Waals surface area contributed by atoms with Crippen LogP contribution in [0.2, 0.25) is 0 Å². The average Bonchev–Trinajstić information content (AvgIpc) is 2.46. The van der Waals surface area contributed by atoms with Crippen LogP contribution in [0.5, 0.6) is 0 Å². The quantitative estimate of drug-likeness (QED) is 0.861. The molecule has 116 valence electrons. The predicted molar refractivity (Wildman–Crippen MR) is 80.3 cm³/mol. The molecule has 1 unspecified atom stereocenters. The van der Waals surface area contributed by atoms with E-state index >= 15 is 0 Å². The fraction of sp³-hybridized carbons (Fsp3) is 0.500. The van der Waals surface area contributed by atoms with Crippen molar-refractivity contribution in [3.05, 3.63) is 29.8 Å². The van der Waals surface area contributed by atoms with Crippen LogP contribution >= 0.6 is 0 Å². The van der Waals surface area contributed by atoms with E-state index in [1.165, 1.54) is 17.5 Å². The zero-order valence-corrected chi connectivity index (χ0v) is 13.0. The van der Waals surface area contributed by atoms with Crippen LogP contribution in [0.15, 0.2) is 24.3 Å². The van der Waals surface area contributed by atoms with Crippen LogP contribution in [-0.4, -0.2) is 38.9 Å². The molecule has 1 heterocycles. The highest BCUT2D eigenvalue weighted by molar-refractivity contribution is 7.90. The van der Waals surface area contributed by atoms with Crippen molar-refractivity contribution >= 4 is 21.9 Å². The Balaban J connectivity index is 2.22. The second-order valence-electron chi connectivity index (χ2n) is 5.25. The Morgan fingerprint density at radius 2 is 2.10 bits per heavy atom. The molecule has 0 radical (unpaired) electrons. The fourth-order valence-electron chi connectivity index (χ4n) is 2.43. The minimum Gasteiger partial charge on any atom is -0.465 e. The first kappa shape index (κ1) is 15.8. The van der Waals surface area contributed by atoms with Crippen molar-refractivity contribution in [2.45, 2.75) is 19.8 Å². The molecule has 0 amide bonds. The van der Waals surface area contributed by atoms with Crippen molar-refractivity contribution in [3.63, 3.8) is 0 Å². The molecule has 1 aliphatic heterocycles. The van der Waals surface area contributed by atoms with Crippen LogP contribution < -0.4 is 4.72 Å². The van der Waals surface area contributed by atoms with E-state index < -0.39 is 16.2 Å². The topological polar surface area (TPSA) is 75.7 Å². The van der Waals surface area contributed by atoms with Gasteiger partial charge in [0.15, 0.2) is 0 Å². The van der Waals surface area contributed by atoms with Crippen LogP contribution in [0.3, 0.4) is 0 Å². The van der Waals surface area contributed by atoms with Crippen LogP contribution in [-0.2, 0) is 14.9 Å². The van der Waals surface area contributed by atoms with E-state index in [0.29, 0.717) is 19.0 Å². The summed E-state index contributed by atoms with van der Waals surface area (Å²) in [5.74, 6) is -0.230. The van der Waals surface area contributed by atoms with E-state index in [0.717, 1.165) is 12.8 Å². The number of methoxy groups -OCH3 is 1. The lowest BCUT2D eigenvalue weighted by Crippen LogP contribution is -2.42.